The Morgan fingerprint density at radius 2 is 2.00 bits per heavy atom. The predicted octanol–water partition coefficient (Wildman–Crippen LogP) is 3.03. The van der Waals surface area contributed by atoms with Gasteiger partial charge in [-0.3, -0.25) is 0 Å². The number of nitrogens with one attached hydrogen (secondary N) is 1. The van der Waals surface area contributed by atoms with Gasteiger partial charge >= 0.3 is 0 Å². The fraction of sp³-hybridized carbons (Fsp3) is 0.214. The first kappa shape index (κ1) is 12.9. The number of rotatable bonds is 5. The molecule has 2 aromatic rings. The maximum atomic E-state index is 5.83. The number of hydrogen-bond donors (Lipinski definition) is 1. The molecule has 1 aromatic heterocycles. The summed E-state index contributed by atoms with van der Waals surface area (Å²) in [6, 6.07) is 11.5. The lowest BCUT2D eigenvalue weighted by molar-refractivity contribution is 0.290. The van der Waals surface area contributed by atoms with Crippen LogP contribution in [0.5, 0.6) is 5.88 Å². The van der Waals surface area contributed by atoms with Crippen molar-refractivity contribution in [2.75, 3.05) is 7.05 Å². The first-order valence-electron chi connectivity index (χ1n) is 5.75. The summed E-state index contributed by atoms with van der Waals surface area (Å²) in [4.78, 5) is 4.24. The van der Waals surface area contributed by atoms with Gasteiger partial charge in [0.15, 0.2) is 0 Å². The molecular weight excluding hydrogens is 248 g/mol. The summed E-state index contributed by atoms with van der Waals surface area (Å²) in [5.41, 5.74) is 2.12. The van der Waals surface area contributed by atoms with E-state index in [1.807, 2.05) is 43.4 Å². The molecule has 1 aromatic carbocycles. The minimum absolute atomic E-state index is 0.491. The van der Waals surface area contributed by atoms with Crippen molar-refractivity contribution in [1.29, 1.82) is 0 Å². The van der Waals surface area contributed by atoms with E-state index in [0.717, 1.165) is 22.7 Å². The molecule has 94 valence electrons. The average Bonchev–Trinajstić information content (AvgIpc) is 2.40. The molecule has 0 aliphatic heterocycles. The van der Waals surface area contributed by atoms with Crippen LogP contribution >= 0.6 is 11.6 Å². The van der Waals surface area contributed by atoms with Crippen LogP contribution in [0.15, 0.2) is 42.6 Å². The highest BCUT2D eigenvalue weighted by Gasteiger charge is 2.03. The molecule has 2 rings (SSSR count). The van der Waals surface area contributed by atoms with Gasteiger partial charge in [0.2, 0.25) is 5.88 Å². The number of nitrogens with zero attached hydrogens (tertiary/aromatic N) is 1. The lowest BCUT2D eigenvalue weighted by atomic mass is 10.2. The highest BCUT2D eigenvalue weighted by atomic mass is 35.5. The summed E-state index contributed by atoms with van der Waals surface area (Å²) in [6.45, 7) is 1.23. The van der Waals surface area contributed by atoms with Crippen LogP contribution in [-0.4, -0.2) is 12.0 Å². The van der Waals surface area contributed by atoms with E-state index in [-0.39, 0.29) is 0 Å². The van der Waals surface area contributed by atoms with E-state index >= 15 is 0 Å². The van der Waals surface area contributed by atoms with E-state index in [2.05, 4.69) is 10.3 Å². The second-order valence-corrected chi connectivity index (χ2v) is 4.35. The summed E-state index contributed by atoms with van der Waals surface area (Å²) < 4.78 is 5.72. The third-order valence-corrected chi connectivity index (χ3v) is 2.76. The van der Waals surface area contributed by atoms with Crippen LogP contribution in [0.1, 0.15) is 11.1 Å². The molecule has 0 saturated carbocycles. The van der Waals surface area contributed by atoms with Gasteiger partial charge in [-0.2, -0.15) is 0 Å². The fourth-order valence-electron chi connectivity index (χ4n) is 1.61. The molecule has 0 fully saturated rings. The maximum Gasteiger partial charge on any atom is 0.218 e. The van der Waals surface area contributed by atoms with E-state index < -0.39 is 0 Å². The fourth-order valence-corrected chi connectivity index (χ4v) is 1.74. The zero-order valence-corrected chi connectivity index (χ0v) is 10.9. The van der Waals surface area contributed by atoms with Gasteiger partial charge in [-0.05, 0) is 30.8 Å². The maximum absolute atomic E-state index is 5.83. The normalized spacial score (nSPS) is 10.3. The van der Waals surface area contributed by atoms with Crippen LogP contribution in [0.4, 0.5) is 0 Å². The third-order valence-electron chi connectivity index (χ3n) is 2.51. The van der Waals surface area contributed by atoms with Crippen molar-refractivity contribution in [3.63, 3.8) is 0 Å². The SMILES string of the molecule is CNCc1cccnc1OCc1ccc(Cl)cc1. The number of hydrogen-bond acceptors (Lipinski definition) is 3. The van der Waals surface area contributed by atoms with Gasteiger partial charge in [-0.1, -0.05) is 29.8 Å². The lowest BCUT2D eigenvalue weighted by Gasteiger charge is -2.09. The lowest BCUT2D eigenvalue weighted by Crippen LogP contribution is -2.08. The number of ether oxygens (including phenoxy) is 1. The summed E-state index contributed by atoms with van der Waals surface area (Å²) in [6.07, 6.45) is 1.73. The monoisotopic (exact) mass is 262 g/mol. The molecule has 0 atom stereocenters. The Morgan fingerprint density at radius 3 is 2.72 bits per heavy atom. The minimum Gasteiger partial charge on any atom is -0.473 e. The van der Waals surface area contributed by atoms with Crippen molar-refractivity contribution in [1.82, 2.24) is 10.3 Å². The molecule has 1 heterocycles. The van der Waals surface area contributed by atoms with E-state index in [9.17, 15) is 0 Å². The van der Waals surface area contributed by atoms with Gasteiger partial charge in [0.05, 0.1) is 0 Å². The zero-order valence-electron chi connectivity index (χ0n) is 10.2. The molecule has 0 aliphatic carbocycles. The summed E-state index contributed by atoms with van der Waals surface area (Å²) in [7, 11) is 1.90. The molecule has 0 amide bonds. The zero-order chi connectivity index (χ0) is 12.8. The highest BCUT2D eigenvalue weighted by Crippen LogP contribution is 2.16. The molecule has 0 aliphatic rings. The van der Waals surface area contributed by atoms with Crippen LogP contribution in [0.25, 0.3) is 0 Å². The molecule has 0 spiro atoms. The predicted molar refractivity (Wildman–Crippen MR) is 72.8 cm³/mol. The molecule has 1 N–H and O–H groups in total. The van der Waals surface area contributed by atoms with Crippen LogP contribution in [0.3, 0.4) is 0 Å². The Hall–Kier alpha value is -1.58. The van der Waals surface area contributed by atoms with Gasteiger partial charge in [0.25, 0.3) is 0 Å². The molecule has 0 radical (unpaired) electrons. The van der Waals surface area contributed by atoms with Crippen molar-refractivity contribution in [2.45, 2.75) is 13.2 Å². The van der Waals surface area contributed by atoms with Crippen molar-refractivity contribution >= 4 is 11.6 Å². The van der Waals surface area contributed by atoms with Gasteiger partial charge < -0.3 is 10.1 Å². The van der Waals surface area contributed by atoms with Crippen molar-refractivity contribution in [3.8, 4) is 5.88 Å². The second-order valence-electron chi connectivity index (χ2n) is 3.91. The Balaban J connectivity index is 2.03. The quantitative estimate of drug-likeness (QED) is 0.899. The molecule has 3 nitrogen and oxygen atoms in total. The third kappa shape index (κ3) is 3.45. The Morgan fingerprint density at radius 1 is 1.22 bits per heavy atom. The highest BCUT2D eigenvalue weighted by molar-refractivity contribution is 6.30. The van der Waals surface area contributed by atoms with E-state index in [1.54, 1.807) is 6.20 Å². The van der Waals surface area contributed by atoms with Gasteiger partial charge in [-0.25, -0.2) is 4.98 Å². The van der Waals surface area contributed by atoms with Crippen molar-refractivity contribution in [3.05, 3.63) is 58.7 Å². The second kappa shape index (κ2) is 6.38. The summed E-state index contributed by atoms with van der Waals surface area (Å²) >= 11 is 5.83. The topological polar surface area (TPSA) is 34.2 Å². The van der Waals surface area contributed by atoms with Crippen LogP contribution in [0.2, 0.25) is 5.02 Å². The van der Waals surface area contributed by atoms with Gasteiger partial charge in [0.1, 0.15) is 6.61 Å². The molecule has 0 bridgehead atoms. The van der Waals surface area contributed by atoms with Crippen LogP contribution in [-0.2, 0) is 13.2 Å². The molecule has 0 unspecified atom stereocenters. The van der Waals surface area contributed by atoms with Crippen LogP contribution in [0, 0.1) is 0 Å². The molecule has 0 saturated heterocycles. The number of halogens is 1. The largest absolute Gasteiger partial charge is 0.473 e. The van der Waals surface area contributed by atoms with E-state index in [1.165, 1.54) is 0 Å². The summed E-state index contributed by atoms with van der Waals surface area (Å²) in [5, 5.41) is 3.82. The van der Waals surface area contributed by atoms with Crippen molar-refractivity contribution in [2.24, 2.45) is 0 Å². The number of benzene rings is 1. The molecule has 4 heteroatoms. The average molecular weight is 263 g/mol. The first-order chi connectivity index (χ1) is 8.79. The van der Waals surface area contributed by atoms with Gasteiger partial charge in [0, 0.05) is 23.3 Å². The van der Waals surface area contributed by atoms with E-state index in [4.69, 9.17) is 16.3 Å². The molecule has 18 heavy (non-hydrogen) atoms. The standard InChI is InChI=1S/C14H15ClN2O/c1-16-9-12-3-2-8-17-14(12)18-10-11-4-6-13(15)7-5-11/h2-8,16H,9-10H2,1H3. The van der Waals surface area contributed by atoms with E-state index in [0.29, 0.717) is 12.5 Å². The van der Waals surface area contributed by atoms with Crippen molar-refractivity contribution < 1.29 is 4.74 Å². The Bertz CT molecular complexity index is 499. The smallest absolute Gasteiger partial charge is 0.218 e. The molecular formula is C14H15ClN2O. The number of aromatic nitrogens is 1. The van der Waals surface area contributed by atoms with Gasteiger partial charge in [-0.15, -0.1) is 0 Å². The Labute approximate surface area is 112 Å². The Kier molecular flexibility index (Phi) is 4.56. The summed E-state index contributed by atoms with van der Waals surface area (Å²) in [5.74, 6) is 0.668. The van der Waals surface area contributed by atoms with Crippen LogP contribution < -0.4 is 10.1 Å². The first-order valence-corrected chi connectivity index (χ1v) is 6.13. The minimum atomic E-state index is 0.491. The number of pyridine rings is 1.